The minimum absolute atomic E-state index is 0.0800. The fourth-order valence-corrected chi connectivity index (χ4v) is 2.91. The number of hydrogen-bond acceptors (Lipinski definition) is 3. The van der Waals surface area contributed by atoms with Crippen LogP contribution in [0.4, 0.5) is 10.1 Å². The summed E-state index contributed by atoms with van der Waals surface area (Å²) >= 11 is 0. The van der Waals surface area contributed by atoms with Crippen molar-refractivity contribution < 1.29 is 9.50 Å². The van der Waals surface area contributed by atoms with Crippen LogP contribution in [0.25, 0.3) is 0 Å². The molecule has 20 heavy (non-hydrogen) atoms. The summed E-state index contributed by atoms with van der Waals surface area (Å²) in [5, 5.41) is 10.0. The second-order valence-electron chi connectivity index (χ2n) is 6.29. The summed E-state index contributed by atoms with van der Waals surface area (Å²) in [7, 11) is 0. The molecule has 112 valence electrons. The summed E-state index contributed by atoms with van der Waals surface area (Å²) in [5.74, 6) is 0.399. The van der Waals surface area contributed by atoms with Gasteiger partial charge in [-0.1, -0.05) is 19.9 Å². The molecule has 0 bridgehead atoms. The van der Waals surface area contributed by atoms with Gasteiger partial charge in [0, 0.05) is 24.8 Å². The van der Waals surface area contributed by atoms with Gasteiger partial charge in [0.2, 0.25) is 0 Å². The molecule has 0 amide bonds. The number of benzene rings is 1. The van der Waals surface area contributed by atoms with E-state index in [0.717, 1.165) is 31.6 Å². The molecule has 1 heterocycles. The average Bonchev–Trinajstić information content (AvgIpc) is 2.37. The number of aliphatic hydroxyl groups excluding tert-OH is 1. The largest absolute Gasteiger partial charge is 0.393 e. The highest BCUT2D eigenvalue weighted by atomic mass is 19.1. The van der Waals surface area contributed by atoms with Crippen molar-refractivity contribution in [3.8, 4) is 0 Å². The van der Waals surface area contributed by atoms with Crippen LogP contribution in [0.5, 0.6) is 0 Å². The smallest absolute Gasteiger partial charge is 0.125 e. The molecule has 1 aromatic carbocycles. The summed E-state index contributed by atoms with van der Waals surface area (Å²) in [4.78, 5) is 2.13. The van der Waals surface area contributed by atoms with E-state index in [4.69, 9.17) is 5.73 Å². The molecular formula is C16H25FN2O. The Kier molecular flexibility index (Phi) is 5.00. The van der Waals surface area contributed by atoms with Gasteiger partial charge in [-0.25, -0.2) is 4.39 Å². The molecule has 3 N–H and O–H groups in total. The first-order valence-electron chi connectivity index (χ1n) is 7.40. The van der Waals surface area contributed by atoms with E-state index in [2.05, 4.69) is 4.90 Å². The number of anilines is 1. The number of rotatable bonds is 4. The van der Waals surface area contributed by atoms with Crippen molar-refractivity contribution in [1.29, 1.82) is 0 Å². The number of aliphatic hydroxyl groups is 1. The summed E-state index contributed by atoms with van der Waals surface area (Å²) in [6.07, 6.45) is 1.40. The standard InChI is InChI=1S/C16H25FN2O/c1-11(2)16(20)7-12-6-14(18)10-19(9-12)15-5-3-4-13(17)8-15/h3-5,8,11-12,14,16,20H,6-7,9-10,18H2,1-2H3. The number of hydrogen-bond donors (Lipinski definition) is 2. The van der Waals surface area contributed by atoms with Crippen LogP contribution in [0.1, 0.15) is 26.7 Å². The lowest BCUT2D eigenvalue weighted by Crippen LogP contribution is -2.48. The van der Waals surface area contributed by atoms with Gasteiger partial charge in [-0.2, -0.15) is 0 Å². The van der Waals surface area contributed by atoms with Gasteiger partial charge in [0.05, 0.1) is 6.10 Å². The Hall–Kier alpha value is -1.13. The van der Waals surface area contributed by atoms with Crippen molar-refractivity contribution in [3.05, 3.63) is 30.1 Å². The zero-order valence-electron chi connectivity index (χ0n) is 12.3. The van der Waals surface area contributed by atoms with Crippen molar-refractivity contribution >= 4 is 5.69 Å². The third-order valence-electron chi connectivity index (χ3n) is 4.09. The Morgan fingerprint density at radius 3 is 2.80 bits per heavy atom. The van der Waals surface area contributed by atoms with Crippen LogP contribution in [0.3, 0.4) is 0 Å². The Morgan fingerprint density at radius 1 is 1.40 bits per heavy atom. The van der Waals surface area contributed by atoms with E-state index in [1.807, 2.05) is 19.9 Å². The van der Waals surface area contributed by atoms with Crippen molar-refractivity contribution in [2.24, 2.45) is 17.6 Å². The molecule has 1 aliphatic rings. The molecule has 1 aliphatic heterocycles. The Morgan fingerprint density at radius 2 is 2.15 bits per heavy atom. The Bertz CT molecular complexity index is 438. The molecule has 3 atom stereocenters. The van der Waals surface area contributed by atoms with E-state index in [1.165, 1.54) is 6.07 Å². The number of piperidine rings is 1. The van der Waals surface area contributed by atoms with Gasteiger partial charge in [0.1, 0.15) is 5.82 Å². The molecule has 0 radical (unpaired) electrons. The Labute approximate surface area is 120 Å². The minimum atomic E-state index is -0.292. The van der Waals surface area contributed by atoms with E-state index in [0.29, 0.717) is 5.92 Å². The van der Waals surface area contributed by atoms with Crippen molar-refractivity contribution in [3.63, 3.8) is 0 Å². The predicted octanol–water partition coefficient (Wildman–Crippen LogP) is 2.39. The first-order valence-corrected chi connectivity index (χ1v) is 7.40. The highest BCUT2D eigenvalue weighted by molar-refractivity contribution is 5.47. The fourth-order valence-electron chi connectivity index (χ4n) is 2.91. The molecule has 3 unspecified atom stereocenters. The average molecular weight is 280 g/mol. The monoisotopic (exact) mass is 280 g/mol. The molecule has 0 spiro atoms. The maximum absolute atomic E-state index is 13.3. The number of halogens is 1. The van der Waals surface area contributed by atoms with Gasteiger partial charge in [-0.15, -0.1) is 0 Å². The van der Waals surface area contributed by atoms with Gasteiger partial charge >= 0.3 is 0 Å². The van der Waals surface area contributed by atoms with Crippen LogP contribution in [0, 0.1) is 17.7 Å². The van der Waals surface area contributed by atoms with Crippen LogP contribution >= 0.6 is 0 Å². The molecular weight excluding hydrogens is 255 g/mol. The zero-order chi connectivity index (χ0) is 14.7. The molecule has 1 aromatic rings. The summed E-state index contributed by atoms with van der Waals surface area (Å²) < 4.78 is 13.3. The highest BCUT2D eigenvalue weighted by Gasteiger charge is 2.27. The Balaban J connectivity index is 2.04. The lowest BCUT2D eigenvalue weighted by molar-refractivity contribution is 0.0922. The zero-order valence-corrected chi connectivity index (χ0v) is 12.3. The molecule has 1 fully saturated rings. The predicted molar refractivity (Wildman–Crippen MR) is 80.2 cm³/mol. The normalized spacial score (nSPS) is 25.0. The highest BCUT2D eigenvalue weighted by Crippen LogP contribution is 2.27. The topological polar surface area (TPSA) is 49.5 Å². The van der Waals surface area contributed by atoms with Crippen molar-refractivity contribution in [2.45, 2.75) is 38.8 Å². The van der Waals surface area contributed by atoms with Crippen LogP contribution in [0.15, 0.2) is 24.3 Å². The van der Waals surface area contributed by atoms with Gasteiger partial charge < -0.3 is 15.7 Å². The molecule has 0 aromatic heterocycles. The van der Waals surface area contributed by atoms with E-state index in [-0.39, 0.29) is 23.9 Å². The fraction of sp³-hybridized carbons (Fsp3) is 0.625. The lowest BCUT2D eigenvalue weighted by Gasteiger charge is -2.39. The van der Waals surface area contributed by atoms with Crippen molar-refractivity contribution in [2.75, 3.05) is 18.0 Å². The molecule has 3 nitrogen and oxygen atoms in total. The van der Waals surface area contributed by atoms with Gasteiger partial charge in [0.25, 0.3) is 0 Å². The summed E-state index contributed by atoms with van der Waals surface area (Å²) in [5.41, 5.74) is 7.00. The van der Waals surface area contributed by atoms with Gasteiger partial charge in [-0.3, -0.25) is 0 Å². The first-order chi connectivity index (χ1) is 9.45. The maximum atomic E-state index is 13.3. The number of nitrogens with zero attached hydrogens (tertiary/aromatic N) is 1. The van der Waals surface area contributed by atoms with Crippen LogP contribution < -0.4 is 10.6 Å². The van der Waals surface area contributed by atoms with E-state index < -0.39 is 0 Å². The molecule has 0 saturated carbocycles. The van der Waals surface area contributed by atoms with Crippen LogP contribution in [-0.2, 0) is 0 Å². The van der Waals surface area contributed by atoms with E-state index >= 15 is 0 Å². The quantitative estimate of drug-likeness (QED) is 0.890. The lowest BCUT2D eigenvalue weighted by atomic mass is 9.87. The molecule has 4 heteroatoms. The molecule has 2 rings (SSSR count). The van der Waals surface area contributed by atoms with E-state index in [9.17, 15) is 9.50 Å². The molecule has 0 aliphatic carbocycles. The van der Waals surface area contributed by atoms with Crippen LogP contribution in [0.2, 0.25) is 0 Å². The molecule has 1 saturated heterocycles. The maximum Gasteiger partial charge on any atom is 0.125 e. The van der Waals surface area contributed by atoms with Gasteiger partial charge in [0.15, 0.2) is 0 Å². The first kappa shape index (κ1) is 15.3. The number of nitrogens with two attached hydrogens (primary N) is 1. The minimum Gasteiger partial charge on any atom is -0.393 e. The van der Waals surface area contributed by atoms with E-state index in [1.54, 1.807) is 12.1 Å². The third-order valence-corrected chi connectivity index (χ3v) is 4.09. The van der Waals surface area contributed by atoms with Crippen LogP contribution in [-0.4, -0.2) is 30.3 Å². The second kappa shape index (κ2) is 6.55. The second-order valence-corrected chi connectivity index (χ2v) is 6.29. The van der Waals surface area contributed by atoms with Crippen molar-refractivity contribution in [1.82, 2.24) is 0 Å². The third kappa shape index (κ3) is 3.93. The summed E-state index contributed by atoms with van der Waals surface area (Å²) in [6.45, 7) is 5.63. The SMILES string of the molecule is CC(C)C(O)CC1CC(N)CN(c2cccc(F)c2)C1. The summed E-state index contributed by atoms with van der Waals surface area (Å²) in [6, 6.07) is 6.72. The van der Waals surface area contributed by atoms with Gasteiger partial charge in [-0.05, 0) is 42.9 Å².